The first-order chi connectivity index (χ1) is 56.8. The van der Waals surface area contributed by atoms with Crippen LogP contribution in [0.3, 0.4) is 0 Å². The zero-order chi connectivity index (χ0) is 77.0. The predicted molar refractivity (Wildman–Crippen MR) is 480 cm³/mol. The SMILES string of the molecule is [C-]#[N+]c1cc(-c2cc(-c3ccccc3)cc(-c3ccccc3)c2)cc(-n2c3ccccc3c3cc([N+]#[C-])ccc32)c1.[C-]#[N+]c1cc(-c2cccc(-c3cccc4c3sc3ccccc34)c2)cc(-n2c3ccccc3c3cc([N+]#[C-])ccc32)c1.c1cc(-n2c3ccccc3c3ccccc32)nc(-n2c3ccccc3c3ccccc32)c1. The van der Waals surface area contributed by atoms with Gasteiger partial charge in [0.2, 0.25) is 0 Å². The molecule has 0 aliphatic rings. The summed E-state index contributed by atoms with van der Waals surface area (Å²) in [4.78, 5) is 20.2. The number of pyridine rings is 1. The number of nitrogens with zero attached hydrogens (tertiary/aromatic N) is 9. The Hall–Kier alpha value is -16.0. The Labute approximate surface area is 666 Å². The molecule has 0 bridgehead atoms. The highest BCUT2D eigenvalue weighted by molar-refractivity contribution is 7.26. The highest BCUT2D eigenvalue weighted by atomic mass is 32.1. The smallest absolute Gasteiger partial charge is 0.189 e. The van der Waals surface area contributed by atoms with Gasteiger partial charge in [0.1, 0.15) is 11.6 Å². The van der Waals surface area contributed by atoms with Crippen molar-refractivity contribution in [3.05, 3.63) is 428 Å². The molecule has 0 aliphatic carbocycles. The Kier molecular flexibility index (Phi) is 17.1. The first-order valence-electron chi connectivity index (χ1n) is 37.9. The van der Waals surface area contributed by atoms with Gasteiger partial charge in [0.05, 0.1) is 70.4 Å². The van der Waals surface area contributed by atoms with Crippen molar-refractivity contribution in [2.24, 2.45) is 0 Å². The predicted octanol–water partition coefficient (Wildman–Crippen LogP) is 29.7. The van der Waals surface area contributed by atoms with Crippen LogP contribution in [0.1, 0.15) is 0 Å². The Balaban J connectivity index is 0.000000113. The molecule has 0 saturated heterocycles. The highest BCUT2D eigenvalue weighted by Crippen LogP contribution is 2.45. The summed E-state index contributed by atoms with van der Waals surface area (Å²) in [6, 6.07) is 132. The van der Waals surface area contributed by atoms with Crippen LogP contribution >= 0.6 is 11.3 Å². The standard InChI is InChI=1S/C38H21N3S.C38H23N3.C29H19N3/c1-39-27-17-18-36-34(23-27)31-11-3-5-15-35(31)41(36)29-21-26(20-28(22-29)40-2)24-9-7-10-25(19-24)30-13-8-14-33-32-12-4-6-16-37(32)42-38(30)33;1-39-32-17-18-38-36(25-32)35-15-9-10-16-37(35)41(38)34-23-31(22-33(24-34)40-2)30-20-28(26-11-5-3-6-12-26)19-29(21-30)27-13-7-4-8-14-27;1-5-14-24-20(10-1)21-11-2-6-15-25(21)31(24)28-18-9-19-29(30-28)32-26-16-7-3-12-22(26)23-13-4-8-17-27(23)32/h3-23H;3-25H;1-19H. The summed E-state index contributed by atoms with van der Waals surface area (Å²) >= 11 is 1.83. The molecule has 0 radical (unpaired) electrons. The van der Waals surface area contributed by atoms with Crippen molar-refractivity contribution in [2.75, 3.05) is 0 Å². The van der Waals surface area contributed by atoms with Crippen LogP contribution in [0.15, 0.2) is 382 Å². The van der Waals surface area contributed by atoms with Crippen LogP contribution in [0.5, 0.6) is 0 Å². The summed E-state index contributed by atoms with van der Waals surface area (Å²) < 4.78 is 11.5. The molecule has 0 fully saturated rings. The number of benzene rings is 16. The number of rotatable bonds is 9. The largest absolute Gasteiger partial charge is 0.311 e. The van der Waals surface area contributed by atoms with E-state index in [4.69, 9.17) is 31.3 Å². The van der Waals surface area contributed by atoms with Gasteiger partial charge in [-0.2, -0.15) is 0 Å². The molecule has 0 aliphatic heterocycles. The van der Waals surface area contributed by atoms with Crippen molar-refractivity contribution in [2.45, 2.75) is 0 Å². The lowest BCUT2D eigenvalue weighted by Crippen LogP contribution is -2.02. The summed E-state index contributed by atoms with van der Waals surface area (Å²) in [6.45, 7) is 30.9. The van der Waals surface area contributed by atoms with E-state index in [2.05, 4.69) is 323 Å². The van der Waals surface area contributed by atoms with E-state index in [1.807, 2.05) is 108 Å². The van der Waals surface area contributed by atoms with Crippen LogP contribution in [0, 0.1) is 26.3 Å². The van der Waals surface area contributed by atoms with Crippen LogP contribution in [0.4, 0.5) is 22.7 Å². The zero-order valence-corrected chi connectivity index (χ0v) is 62.6. The van der Waals surface area contributed by atoms with Gasteiger partial charge in [0.15, 0.2) is 22.7 Å². The lowest BCUT2D eigenvalue weighted by molar-refractivity contribution is 1.01. The maximum absolute atomic E-state index is 7.94. The topological polar surface area (TPSA) is 50.0 Å². The minimum absolute atomic E-state index is 0.576. The molecule has 534 valence electrons. The average molecular weight is 1480 g/mol. The first kappa shape index (κ1) is 68.3. The van der Waals surface area contributed by atoms with E-state index in [1.54, 1.807) is 0 Å². The molecule has 6 aromatic heterocycles. The van der Waals surface area contributed by atoms with Gasteiger partial charge in [-0.15, -0.1) is 11.3 Å². The summed E-state index contributed by atoms with van der Waals surface area (Å²) in [6.07, 6.45) is 0. The van der Waals surface area contributed by atoms with Crippen LogP contribution in [0.2, 0.25) is 0 Å². The maximum atomic E-state index is 7.94. The second kappa shape index (κ2) is 28.8. The molecule has 10 heteroatoms. The van der Waals surface area contributed by atoms with Gasteiger partial charge in [-0.05, 0) is 206 Å². The molecule has 0 amide bonds. The van der Waals surface area contributed by atoms with Crippen molar-refractivity contribution < 1.29 is 0 Å². The van der Waals surface area contributed by atoms with Crippen LogP contribution in [-0.4, -0.2) is 23.3 Å². The van der Waals surface area contributed by atoms with Crippen molar-refractivity contribution >= 4 is 141 Å². The molecule has 9 nitrogen and oxygen atoms in total. The van der Waals surface area contributed by atoms with E-state index in [0.717, 1.165) is 117 Å². The van der Waals surface area contributed by atoms with E-state index in [0.29, 0.717) is 22.7 Å². The lowest BCUT2D eigenvalue weighted by Gasteiger charge is -2.14. The molecule has 0 atom stereocenters. The molecule has 0 N–H and O–H groups in total. The quantitative estimate of drug-likeness (QED) is 0.133. The number of aromatic nitrogens is 5. The van der Waals surface area contributed by atoms with Gasteiger partial charge in [0.25, 0.3) is 0 Å². The zero-order valence-electron chi connectivity index (χ0n) is 61.8. The van der Waals surface area contributed by atoms with Gasteiger partial charge in [-0.3, -0.25) is 9.13 Å². The Morgan fingerprint density at radius 3 is 0.983 bits per heavy atom. The molecule has 115 heavy (non-hydrogen) atoms. The number of hydrogen-bond acceptors (Lipinski definition) is 2. The summed E-state index contributed by atoms with van der Waals surface area (Å²) in [5.74, 6) is 1.84. The molecule has 0 spiro atoms. The second-order valence-electron chi connectivity index (χ2n) is 28.5. The fraction of sp³-hybridized carbons (Fsp3) is 0. The Morgan fingerprint density at radius 1 is 0.209 bits per heavy atom. The van der Waals surface area contributed by atoms with Crippen LogP contribution in [-0.2, 0) is 0 Å². The van der Waals surface area contributed by atoms with Gasteiger partial charge in [0, 0.05) is 63.9 Å². The molecule has 22 rings (SSSR count). The number of hydrogen-bond donors (Lipinski definition) is 0. The fourth-order valence-corrected chi connectivity index (χ4v) is 18.0. The Bertz CT molecular complexity index is 7560. The van der Waals surface area contributed by atoms with E-state index in [-0.39, 0.29) is 0 Å². The molecular formula is C105H63N9S. The van der Waals surface area contributed by atoms with Crippen molar-refractivity contribution in [3.8, 4) is 78.6 Å². The van der Waals surface area contributed by atoms with Gasteiger partial charge < -0.3 is 9.13 Å². The van der Waals surface area contributed by atoms with Crippen molar-refractivity contribution in [1.82, 2.24) is 23.3 Å². The second-order valence-corrected chi connectivity index (χ2v) is 29.6. The van der Waals surface area contributed by atoms with E-state index < -0.39 is 0 Å². The molecule has 0 saturated carbocycles. The summed E-state index contributed by atoms with van der Waals surface area (Å²) in [5.41, 5.74) is 24.0. The average Bonchev–Trinajstić information content (AvgIpc) is 1.64. The monoisotopic (exact) mass is 1480 g/mol. The number of thiophene rings is 1. The van der Waals surface area contributed by atoms with E-state index in [1.165, 1.54) is 69.3 Å². The number of para-hydroxylation sites is 6. The van der Waals surface area contributed by atoms with Gasteiger partial charge in [-0.25, -0.2) is 24.4 Å². The molecule has 22 aromatic rings. The highest BCUT2D eigenvalue weighted by Gasteiger charge is 2.21. The van der Waals surface area contributed by atoms with Crippen molar-refractivity contribution in [1.29, 1.82) is 0 Å². The normalized spacial score (nSPS) is 11.3. The number of fused-ring (bicyclic) bond motifs is 15. The Morgan fingerprint density at radius 2 is 0.530 bits per heavy atom. The van der Waals surface area contributed by atoms with E-state index in [9.17, 15) is 0 Å². The van der Waals surface area contributed by atoms with Crippen molar-refractivity contribution in [3.63, 3.8) is 0 Å². The maximum Gasteiger partial charge on any atom is 0.189 e. The summed E-state index contributed by atoms with van der Waals surface area (Å²) in [5, 5.41) is 11.8. The van der Waals surface area contributed by atoms with Gasteiger partial charge >= 0.3 is 0 Å². The third-order valence-electron chi connectivity index (χ3n) is 21.9. The molecule has 0 unspecified atom stereocenters. The van der Waals surface area contributed by atoms with Crippen LogP contribution < -0.4 is 0 Å². The summed E-state index contributed by atoms with van der Waals surface area (Å²) in [7, 11) is 0. The minimum Gasteiger partial charge on any atom is -0.311 e. The third-order valence-corrected chi connectivity index (χ3v) is 23.1. The third kappa shape index (κ3) is 12.1. The first-order valence-corrected chi connectivity index (χ1v) is 38.7. The van der Waals surface area contributed by atoms with Gasteiger partial charge in [-0.1, -0.05) is 243 Å². The molecule has 16 aromatic carbocycles. The fourth-order valence-electron chi connectivity index (χ4n) is 16.8. The minimum atomic E-state index is 0.576. The lowest BCUT2D eigenvalue weighted by atomic mass is 9.93. The molecule has 6 heterocycles. The molecular weight excluding hydrogens is 1420 g/mol. The van der Waals surface area contributed by atoms with Crippen LogP contribution in [0.25, 0.3) is 205 Å². The van der Waals surface area contributed by atoms with E-state index >= 15 is 0 Å².